The summed E-state index contributed by atoms with van der Waals surface area (Å²) in [6, 6.07) is 0. The Labute approximate surface area is 95.3 Å². The van der Waals surface area contributed by atoms with Crippen LogP contribution >= 0.6 is 0 Å². The van der Waals surface area contributed by atoms with Crippen LogP contribution in [-0.2, 0) is 9.47 Å². The number of hydrogen-bond donors (Lipinski definition) is 0. The van der Waals surface area contributed by atoms with Crippen molar-refractivity contribution in [3.05, 3.63) is 0 Å². The summed E-state index contributed by atoms with van der Waals surface area (Å²) in [5.41, 5.74) is -0.0211. The second-order valence-corrected chi connectivity index (χ2v) is 5.32. The fraction of sp³-hybridized carbons (Fsp3) is 1.00. The Morgan fingerprint density at radius 1 is 0.800 bits per heavy atom. The van der Waals surface area contributed by atoms with Gasteiger partial charge in [0.2, 0.25) is 0 Å². The van der Waals surface area contributed by atoms with E-state index in [4.69, 9.17) is 9.47 Å². The predicted octanol–water partition coefficient (Wildman–Crippen LogP) is 3.79. The summed E-state index contributed by atoms with van der Waals surface area (Å²) in [5.74, 6) is 0. The second-order valence-electron chi connectivity index (χ2n) is 5.32. The summed E-state index contributed by atoms with van der Waals surface area (Å²) in [5, 5.41) is 0. The molecule has 2 nitrogen and oxygen atoms in total. The fourth-order valence-electron chi connectivity index (χ4n) is 1.41. The maximum atomic E-state index is 5.78. The van der Waals surface area contributed by atoms with E-state index in [-0.39, 0.29) is 11.2 Å². The van der Waals surface area contributed by atoms with Crippen molar-refractivity contribution >= 4 is 0 Å². The summed E-state index contributed by atoms with van der Waals surface area (Å²) in [4.78, 5) is 0. The van der Waals surface area contributed by atoms with Crippen molar-refractivity contribution < 1.29 is 9.47 Å². The normalized spacial score (nSPS) is 13.2. The van der Waals surface area contributed by atoms with Crippen LogP contribution in [0.2, 0.25) is 0 Å². The summed E-state index contributed by atoms with van der Waals surface area (Å²) in [6.07, 6.45) is 3.30. The molecule has 0 aliphatic rings. The van der Waals surface area contributed by atoms with Crippen LogP contribution in [0.4, 0.5) is 0 Å². The van der Waals surface area contributed by atoms with Crippen molar-refractivity contribution in [2.24, 2.45) is 0 Å². The van der Waals surface area contributed by atoms with Gasteiger partial charge in [0, 0.05) is 0 Å². The van der Waals surface area contributed by atoms with Gasteiger partial charge in [-0.05, 0) is 40.5 Å². The van der Waals surface area contributed by atoms with Gasteiger partial charge < -0.3 is 9.47 Å². The highest BCUT2D eigenvalue weighted by atomic mass is 16.5. The predicted molar refractivity (Wildman–Crippen MR) is 65.3 cm³/mol. The van der Waals surface area contributed by atoms with Gasteiger partial charge in [-0.15, -0.1) is 0 Å². The lowest BCUT2D eigenvalue weighted by Crippen LogP contribution is -2.29. The molecular formula is C13H28O2. The molecule has 92 valence electrons. The van der Waals surface area contributed by atoms with Crippen molar-refractivity contribution in [1.82, 2.24) is 0 Å². The lowest BCUT2D eigenvalue weighted by atomic mass is 10.0. The summed E-state index contributed by atoms with van der Waals surface area (Å²) >= 11 is 0. The zero-order valence-electron chi connectivity index (χ0n) is 11.4. The van der Waals surface area contributed by atoms with E-state index in [0.717, 1.165) is 19.3 Å². The molecule has 0 aromatic carbocycles. The first-order valence-corrected chi connectivity index (χ1v) is 6.11. The molecule has 0 aliphatic carbocycles. The van der Waals surface area contributed by atoms with E-state index in [0.29, 0.717) is 13.2 Å². The average molecular weight is 216 g/mol. The fourth-order valence-corrected chi connectivity index (χ4v) is 1.41. The maximum absolute atomic E-state index is 5.78. The second kappa shape index (κ2) is 6.49. The molecule has 0 N–H and O–H groups in total. The van der Waals surface area contributed by atoms with E-state index in [2.05, 4.69) is 41.5 Å². The zero-order chi connectivity index (χ0) is 11.9. The first kappa shape index (κ1) is 14.9. The minimum absolute atomic E-state index is 0.00549. The Bertz CT molecular complexity index is 162. The number of ether oxygens (including phenoxy) is 2. The minimum Gasteiger partial charge on any atom is -0.373 e. The van der Waals surface area contributed by atoms with Crippen molar-refractivity contribution in [2.45, 2.75) is 72.0 Å². The molecule has 0 aromatic rings. The van der Waals surface area contributed by atoms with Gasteiger partial charge in [0.1, 0.15) is 0 Å². The van der Waals surface area contributed by atoms with Gasteiger partial charge in [0.05, 0.1) is 24.4 Å². The molecule has 0 saturated heterocycles. The Balaban J connectivity index is 3.62. The van der Waals surface area contributed by atoms with E-state index < -0.39 is 0 Å². The molecule has 2 heteroatoms. The minimum atomic E-state index is -0.0156. The molecule has 0 unspecified atom stereocenters. The van der Waals surface area contributed by atoms with E-state index in [1.165, 1.54) is 0 Å². The molecule has 0 heterocycles. The largest absolute Gasteiger partial charge is 0.373 e. The maximum Gasteiger partial charge on any atom is 0.0708 e. The van der Waals surface area contributed by atoms with Gasteiger partial charge in [-0.25, -0.2) is 0 Å². The lowest BCUT2D eigenvalue weighted by Gasteiger charge is -2.27. The number of hydrogen-bond acceptors (Lipinski definition) is 2. The highest BCUT2D eigenvalue weighted by Crippen LogP contribution is 2.17. The van der Waals surface area contributed by atoms with E-state index in [9.17, 15) is 0 Å². The highest BCUT2D eigenvalue weighted by Gasteiger charge is 2.18. The molecule has 0 rings (SSSR count). The molecule has 0 fully saturated rings. The Morgan fingerprint density at radius 2 is 1.27 bits per heavy atom. The highest BCUT2D eigenvalue weighted by molar-refractivity contribution is 4.68. The van der Waals surface area contributed by atoms with Crippen LogP contribution in [0.3, 0.4) is 0 Å². The molecule has 0 spiro atoms. The van der Waals surface area contributed by atoms with Crippen LogP contribution in [0.1, 0.15) is 60.8 Å². The molecule has 0 saturated carbocycles. The third-order valence-electron chi connectivity index (χ3n) is 2.77. The first-order chi connectivity index (χ1) is 6.83. The molecule has 0 aromatic heterocycles. The quantitative estimate of drug-likeness (QED) is 0.575. The van der Waals surface area contributed by atoms with Gasteiger partial charge in [-0.3, -0.25) is 0 Å². The van der Waals surface area contributed by atoms with Gasteiger partial charge in [-0.2, -0.15) is 0 Å². The summed E-state index contributed by atoms with van der Waals surface area (Å²) in [6.45, 7) is 14.2. The average Bonchev–Trinajstić information content (AvgIpc) is 2.13. The molecule has 0 bridgehead atoms. The van der Waals surface area contributed by atoms with Crippen molar-refractivity contribution in [1.29, 1.82) is 0 Å². The molecule has 0 radical (unpaired) electrons. The SMILES string of the molecule is CCCC(C)(C)OCCOC(C)(C)CC. The third-order valence-corrected chi connectivity index (χ3v) is 2.77. The van der Waals surface area contributed by atoms with Crippen LogP contribution in [0.25, 0.3) is 0 Å². The van der Waals surface area contributed by atoms with Gasteiger partial charge in [0.15, 0.2) is 0 Å². The molecule has 0 atom stereocenters. The van der Waals surface area contributed by atoms with Crippen LogP contribution in [0, 0.1) is 0 Å². The van der Waals surface area contributed by atoms with Crippen molar-refractivity contribution in [3.63, 3.8) is 0 Å². The Hall–Kier alpha value is -0.0800. The van der Waals surface area contributed by atoms with Crippen LogP contribution in [0.5, 0.6) is 0 Å². The number of rotatable bonds is 8. The topological polar surface area (TPSA) is 18.5 Å². The standard InChI is InChI=1S/C13H28O2/c1-7-9-13(5,6)15-11-10-14-12(3,4)8-2/h7-11H2,1-6H3. The van der Waals surface area contributed by atoms with Crippen molar-refractivity contribution in [3.8, 4) is 0 Å². The van der Waals surface area contributed by atoms with Crippen LogP contribution < -0.4 is 0 Å². The summed E-state index contributed by atoms with van der Waals surface area (Å²) in [7, 11) is 0. The van der Waals surface area contributed by atoms with Gasteiger partial charge in [-0.1, -0.05) is 20.3 Å². The van der Waals surface area contributed by atoms with E-state index >= 15 is 0 Å². The Kier molecular flexibility index (Phi) is 6.46. The summed E-state index contributed by atoms with van der Waals surface area (Å²) < 4.78 is 11.5. The lowest BCUT2D eigenvalue weighted by molar-refractivity contribution is -0.0874. The van der Waals surface area contributed by atoms with E-state index in [1.807, 2.05) is 0 Å². The first-order valence-electron chi connectivity index (χ1n) is 6.11. The smallest absolute Gasteiger partial charge is 0.0708 e. The molecule has 0 amide bonds. The van der Waals surface area contributed by atoms with Crippen LogP contribution in [-0.4, -0.2) is 24.4 Å². The zero-order valence-corrected chi connectivity index (χ0v) is 11.4. The molecule has 15 heavy (non-hydrogen) atoms. The monoisotopic (exact) mass is 216 g/mol. The molecular weight excluding hydrogens is 188 g/mol. The molecule has 0 aliphatic heterocycles. The van der Waals surface area contributed by atoms with Crippen molar-refractivity contribution in [2.75, 3.05) is 13.2 Å². The van der Waals surface area contributed by atoms with Gasteiger partial charge in [0.25, 0.3) is 0 Å². The third kappa shape index (κ3) is 7.80. The Morgan fingerprint density at radius 3 is 1.67 bits per heavy atom. The van der Waals surface area contributed by atoms with E-state index in [1.54, 1.807) is 0 Å². The van der Waals surface area contributed by atoms with Gasteiger partial charge >= 0.3 is 0 Å². The van der Waals surface area contributed by atoms with Crippen LogP contribution in [0.15, 0.2) is 0 Å².